The number of aromatic nitrogens is 2. The van der Waals surface area contributed by atoms with Crippen molar-refractivity contribution in [1.29, 1.82) is 0 Å². The van der Waals surface area contributed by atoms with Crippen LogP contribution in [0.4, 0.5) is 4.39 Å². The molecule has 0 aliphatic carbocycles. The van der Waals surface area contributed by atoms with Gasteiger partial charge >= 0.3 is 0 Å². The molecule has 0 aliphatic heterocycles. The summed E-state index contributed by atoms with van der Waals surface area (Å²) in [5.74, 6) is -0.309. The molecule has 0 amide bonds. The van der Waals surface area contributed by atoms with Gasteiger partial charge in [0.25, 0.3) is 0 Å². The van der Waals surface area contributed by atoms with Crippen molar-refractivity contribution < 1.29 is 9.50 Å². The first-order chi connectivity index (χ1) is 10.1. The Bertz CT molecular complexity index is 826. The van der Waals surface area contributed by atoms with Gasteiger partial charge in [0.15, 0.2) is 0 Å². The molecule has 0 unspecified atom stereocenters. The second-order valence-corrected chi connectivity index (χ2v) is 4.72. The molecular formula is C17H13FN2O. The lowest BCUT2D eigenvalue weighted by atomic mass is 10.1. The number of hydrogen-bond acceptors (Lipinski definition) is 3. The minimum absolute atomic E-state index is 0.0303. The van der Waals surface area contributed by atoms with Crippen molar-refractivity contribution in [2.45, 2.75) is 6.92 Å². The van der Waals surface area contributed by atoms with Crippen LogP contribution in [0.1, 0.15) is 17.0 Å². The zero-order valence-corrected chi connectivity index (χ0v) is 11.4. The highest BCUT2D eigenvalue weighted by Gasteiger charge is 2.05. The Hall–Kier alpha value is -2.75. The topological polar surface area (TPSA) is 46.0 Å². The van der Waals surface area contributed by atoms with Gasteiger partial charge in [-0.2, -0.15) is 0 Å². The normalized spacial score (nSPS) is 11.8. The number of nitrogens with zero attached hydrogens (tertiary/aromatic N) is 2. The molecular weight excluding hydrogens is 267 g/mol. The molecule has 1 N–H and O–H groups in total. The Morgan fingerprint density at radius 3 is 2.29 bits per heavy atom. The van der Waals surface area contributed by atoms with Crippen LogP contribution in [-0.2, 0) is 0 Å². The highest BCUT2D eigenvalue weighted by Crippen LogP contribution is 2.18. The van der Waals surface area contributed by atoms with Crippen molar-refractivity contribution in [3.8, 4) is 0 Å². The number of aliphatic hydroxyl groups excluding tert-OH is 1. The van der Waals surface area contributed by atoms with Crippen LogP contribution in [0, 0.1) is 12.7 Å². The average molecular weight is 280 g/mol. The van der Waals surface area contributed by atoms with E-state index in [1.807, 2.05) is 31.2 Å². The highest BCUT2D eigenvalue weighted by atomic mass is 19.1. The van der Waals surface area contributed by atoms with E-state index in [9.17, 15) is 9.50 Å². The molecule has 3 rings (SSSR count). The fraction of sp³-hybridized carbons (Fsp3) is 0.0588. The molecule has 0 bridgehead atoms. The fourth-order valence-corrected chi connectivity index (χ4v) is 2.07. The van der Waals surface area contributed by atoms with Crippen molar-refractivity contribution in [1.82, 2.24) is 9.97 Å². The van der Waals surface area contributed by atoms with E-state index in [-0.39, 0.29) is 11.6 Å². The molecule has 21 heavy (non-hydrogen) atoms. The predicted octanol–water partition coefficient (Wildman–Crippen LogP) is 4.13. The summed E-state index contributed by atoms with van der Waals surface area (Å²) in [5, 5.41) is 10.1. The van der Waals surface area contributed by atoms with Gasteiger partial charge in [-0.3, -0.25) is 0 Å². The van der Waals surface area contributed by atoms with E-state index >= 15 is 0 Å². The van der Waals surface area contributed by atoms with E-state index in [2.05, 4.69) is 9.97 Å². The molecule has 0 aliphatic rings. The van der Waals surface area contributed by atoms with E-state index in [4.69, 9.17) is 0 Å². The molecule has 0 saturated heterocycles. The third kappa shape index (κ3) is 2.74. The molecule has 1 heterocycles. The molecule has 3 nitrogen and oxygen atoms in total. The maximum Gasteiger partial charge on any atom is 0.125 e. The smallest absolute Gasteiger partial charge is 0.125 e. The van der Waals surface area contributed by atoms with Crippen molar-refractivity contribution in [3.05, 3.63) is 71.3 Å². The summed E-state index contributed by atoms with van der Waals surface area (Å²) in [6, 6.07) is 13.2. The molecule has 0 atom stereocenters. The number of aliphatic hydroxyl groups is 1. The van der Waals surface area contributed by atoms with E-state index in [0.29, 0.717) is 11.3 Å². The lowest BCUT2D eigenvalue weighted by molar-refractivity contribution is 0.515. The van der Waals surface area contributed by atoms with Crippen LogP contribution >= 0.6 is 0 Å². The quantitative estimate of drug-likeness (QED) is 0.718. The number of halogens is 1. The maximum absolute atomic E-state index is 12.9. The zero-order valence-electron chi connectivity index (χ0n) is 11.4. The molecule has 104 valence electrons. The van der Waals surface area contributed by atoms with Gasteiger partial charge in [-0.1, -0.05) is 12.1 Å². The van der Waals surface area contributed by atoms with Crippen molar-refractivity contribution >= 4 is 22.9 Å². The Labute approximate surface area is 121 Å². The van der Waals surface area contributed by atoms with Crippen LogP contribution < -0.4 is 0 Å². The minimum atomic E-state index is -0.340. The summed E-state index contributed by atoms with van der Waals surface area (Å²) >= 11 is 0. The summed E-state index contributed by atoms with van der Waals surface area (Å²) < 4.78 is 12.9. The molecule has 0 saturated carbocycles. The van der Waals surface area contributed by atoms with Gasteiger partial charge in [-0.15, -0.1) is 0 Å². The van der Waals surface area contributed by atoms with Gasteiger partial charge in [0.05, 0.1) is 22.4 Å². The third-order valence-corrected chi connectivity index (χ3v) is 3.19. The Morgan fingerprint density at radius 2 is 1.62 bits per heavy atom. The number of rotatable bonds is 2. The Balaban J connectivity index is 2.05. The first kappa shape index (κ1) is 13.2. The van der Waals surface area contributed by atoms with Crippen LogP contribution in [0.3, 0.4) is 0 Å². The van der Waals surface area contributed by atoms with Gasteiger partial charge in [-0.05, 0) is 43.3 Å². The number of fused-ring (bicyclic) bond motifs is 1. The van der Waals surface area contributed by atoms with Crippen LogP contribution in [0.5, 0.6) is 0 Å². The molecule has 3 aromatic rings. The zero-order chi connectivity index (χ0) is 14.8. The van der Waals surface area contributed by atoms with Crippen LogP contribution in [0.25, 0.3) is 22.9 Å². The average Bonchev–Trinajstić information content (AvgIpc) is 2.48. The minimum Gasteiger partial charge on any atom is -0.507 e. The summed E-state index contributed by atoms with van der Waals surface area (Å²) in [6.07, 6.45) is 1.54. The van der Waals surface area contributed by atoms with E-state index < -0.39 is 0 Å². The van der Waals surface area contributed by atoms with Crippen LogP contribution in [-0.4, -0.2) is 15.1 Å². The molecule has 1 aromatic heterocycles. The Morgan fingerprint density at radius 1 is 1.00 bits per heavy atom. The lowest BCUT2D eigenvalue weighted by Crippen LogP contribution is -1.94. The summed E-state index contributed by atoms with van der Waals surface area (Å²) in [5.41, 5.74) is 3.43. The van der Waals surface area contributed by atoms with Crippen molar-refractivity contribution in [2.24, 2.45) is 0 Å². The van der Waals surface area contributed by atoms with Crippen LogP contribution in [0.15, 0.2) is 48.5 Å². The van der Waals surface area contributed by atoms with E-state index in [0.717, 1.165) is 16.7 Å². The standard InChI is InChI=1S/C17H13FN2O/c1-11-16(20-15-5-3-2-4-14(15)19-11)10-17(21)12-6-8-13(18)9-7-12/h2-10,21H,1H3/b17-10-. The monoisotopic (exact) mass is 280 g/mol. The molecule has 0 fully saturated rings. The largest absolute Gasteiger partial charge is 0.507 e. The molecule has 4 heteroatoms. The Kier molecular flexibility index (Phi) is 3.36. The number of aryl methyl sites for hydroxylation is 1. The second-order valence-electron chi connectivity index (χ2n) is 4.72. The van der Waals surface area contributed by atoms with Gasteiger partial charge in [0.1, 0.15) is 11.6 Å². The molecule has 2 aromatic carbocycles. The second kappa shape index (κ2) is 5.32. The molecule has 0 radical (unpaired) electrons. The first-order valence-electron chi connectivity index (χ1n) is 6.53. The summed E-state index contributed by atoms with van der Waals surface area (Å²) in [6.45, 7) is 1.84. The summed E-state index contributed by atoms with van der Waals surface area (Å²) in [7, 11) is 0. The van der Waals surface area contributed by atoms with Gasteiger partial charge in [0, 0.05) is 11.6 Å². The third-order valence-electron chi connectivity index (χ3n) is 3.19. The SMILES string of the molecule is Cc1nc2ccccc2nc1/C=C(\O)c1ccc(F)cc1. The van der Waals surface area contributed by atoms with E-state index in [1.54, 1.807) is 6.08 Å². The fourth-order valence-electron chi connectivity index (χ4n) is 2.07. The van der Waals surface area contributed by atoms with Gasteiger partial charge in [0.2, 0.25) is 0 Å². The van der Waals surface area contributed by atoms with E-state index in [1.165, 1.54) is 24.3 Å². The lowest BCUT2D eigenvalue weighted by Gasteiger charge is -2.04. The maximum atomic E-state index is 12.9. The molecule has 0 spiro atoms. The van der Waals surface area contributed by atoms with Crippen LogP contribution in [0.2, 0.25) is 0 Å². The van der Waals surface area contributed by atoms with Crippen molar-refractivity contribution in [3.63, 3.8) is 0 Å². The van der Waals surface area contributed by atoms with Crippen molar-refractivity contribution in [2.75, 3.05) is 0 Å². The number of benzene rings is 2. The predicted molar refractivity (Wildman–Crippen MR) is 81.2 cm³/mol. The number of hydrogen-bond donors (Lipinski definition) is 1. The highest BCUT2D eigenvalue weighted by molar-refractivity contribution is 5.80. The van der Waals surface area contributed by atoms with Gasteiger partial charge in [-0.25, -0.2) is 14.4 Å². The van der Waals surface area contributed by atoms with Gasteiger partial charge < -0.3 is 5.11 Å². The first-order valence-corrected chi connectivity index (χ1v) is 6.53. The number of para-hydroxylation sites is 2. The summed E-state index contributed by atoms with van der Waals surface area (Å²) in [4.78, 5) is 8.94.